The summed E-state index contributed by atoms with van der Waals surface area (Å²) in [6.07, 6.45) is 0. The first-order valence-corrected chi connectivity index (χ1v) is 5.68. The lowest BCUT2D eigenvalue weighted by Crippen LogP contribution is -1.99. The fraction of sp³-hybridized carbons (Fsp3) is 0.200. The molecule has 0 aliphatic rings. The molecule has 2 rings (SSSR count). The molecule has 0 heterocycles. The Morgan fingerprint density at radius 2 is 1.82 bits per heavy atom. The van der Waals surface area contributed by atoms with E-state index in [1.54, 1.807) is 13.0 Å². The summed E-state index contributed by atoms with van der Waals surface area (Å²) in [5.41, 5.74) is 10.8. The molecule has 0 aliphatic heterocycles. The van der Waals surface area contributed by atoms with Gasteiger partial charge in [-0.3, -0.25) is 0 Å². The second-order valence-electron chi connectivity index (χ2n) is 4.33. The molecular weight excluding hydrogens is 213 g/mol. The standard InChI is InChI=1S/C15H16FN/c1-10-3-4-13(9-17)14(7-10)12-5-6-15(16)11(2)8-12/h3-8H,9,17H2,1-2H3. The Morgan fingerprint density at radius 1 is 1.06 bits per heavy atom. The van der Waals surface area contributed by atoms with E-state index in [-0.39, 0.29) is 5.82 Å². The van der Waals surface area contributed by atoms with E-state index in [1.807, 2.05) is 25.1 Å². The van der Waals surface area contributed by atoms with Crippen molar-refractivity contribution in [3.05, 3.63) is 58.9 Å². The molecule has 0 spiro atoms. The monoisotopic (exact) mass is 229 g/mol. The van der Waals surface area contributed by atoms with Crippen LogP contribution in [0.25, 0.3) is 11.1 Å². The van der Waals surface area contributed by atoms with E-state index in [9.17, 15) is 4.39 Å². The predicted octanol–water partition coefficient (Wildman–Crippen LogP) is 3.57. The second-order valence-corrected chi connectivity index (χ2v) is 4.33. The van der Waals surface area contributed by atoms with Crippen LogP contribution in [-0.4, -0.2) is 0 Å². The van der Waals surface area contributed by atoms with E-state index in [0.29, 0.717) is 12.1 Å². The zero-order valence-electron chi connectivity index (χ0n) is 10.1. The van der Waals surface area contributed by atoms with Crippen LogP contribution in [0.15, 0.2) is 36.4 Å². The van der Waals surface area contributed by atoms with Gasteiger partial charge in [0, 0.05) is 6.54 Å². The van der Waals surface area contributed by atoms with E-state index in [2.05, 4.69) is 6.07 Å². The molecule has 0 aromatic heterocycles. The van der Waals surface area contributed by atoms with Gasteiger partial charge in [0.1, 0.15) is 5.82 Å². The molecule has 0 saturated carbocycles. The number of aryl methyl sites for hydroxylation is 2. The van der Waals surface area contributed by atoms with Crippen LogP contribution in [0.5, 0.6) is 0 Å². The van der Waals surface area contributed by atoms with Gasteiger partial charge < -0.3 is 5.73 Å². The van der Waals surface area contributed by atoms with E-state index >= 15 is 0 Å². The maximum absolute atomic E-state index is 13.3. The molecular formula is C15H16FN. The van der Waals surface area contributed by atoms with Crippen molar-refractivity contribution in [2.75, 3.05) is 0 Å². The van der Waals surface area contributed by atoms with Crippen LogP contribution in [0.4, 0.5) is 4.39 Å². The molecule has 0 bridgehead atoms. The zero-order valence-corrected chi connectivity index (χ0v) is 10.1. The average molecular weight is 229 g/mol. The van der Waals surface area contributed by atoms with Gasteiger partial charge in [-0.1, -0.05) is 29.8 Å². The Hall–Kier alpha value is -1.67. The largest absolute Gasteiger partial charge is 0.326 e. The molecule has 2 aromatic rings. The quantitative estimate of drug-likeness (QED) is 0.837. The Kier molecular flexibility index (Phi) is 3.25. The van der Waals surface area contributed by atoms with Gasteiger partial charge in [0.05, 0.1) is 0 Å². The number of halogens is 1. The first kappa shape index (κ1) is 11.8. The van der Waals surface area contributed by atoms with E-state index in [4.69, 9.17) is 5.73 Å². The molecule has 88 valence electrons. The summed E-state index contributed by atoms with van der Waals surface area (Å²) in [7, 11) is 0. The third kappa shape index (κ3) is 2.37. The molecule has 0 radical (unpaired) electrons. The smallest absolute Gasteiger partial charge is 0.126 e. The second kappa shape index (κ2) is 4.68. The molecule has 2 heteroatoms. The van der Waals surface area contributed by atoms with Crippen LogP contribution in [-0.2, 0) is 6.54 Å². The third-order valence-electron chi connectivity index (χ3n) is 2.95. The highest BCUT2D eigenvalue weighted by molar-refractivity contribution is 5.68. The van der Waals surface area contributed by atoms with Crippen LogP contribution in [0.2, 0.25) is 0 Å². The Bertz CT molecular complexity index is 547. The minimum Gasteiger partial charge on any atom is -0.326 e. The van der Waals surface area contributed by atoms with Gasteiger partial charge in [0.25, 0.3) is 0 Å². The van der Waals surface area contributed by atoms with Crippen molar-refractivity contribution in [3.63, 3.8) is 0 Å². The fourth-order valence-electron chi connectivity index (χ4n) is 1.95. The van der Waals surface area contributed by atoms with Gasteiger partial charge >= 0.3 is 0 Å². The number of hydrogen-bond donors (Lipinski definition) is 1. The molecule has 0 aliphatic carbocycles. The Labute approximate surface area is 101 Å². The molecule has 2 aromatic carbocycles. The van der Waals surface area contributed by atoms with Gasteiger partial charge in [-0.2, -0.15) is 0 Å². The third-order valence-corrected chi connectivity index (χ3v) is 2.95. The van der Waals surface area contributed by atoms with Crippen LogP contribution in [0, 0.1) is 19.7 Å². The molecule has 0 fully saturated rings. The van der Waals surface area contributed by atoms with Gasteiger partial charge in [-0.05, 0) is 48.2 Å². The number of nitrogens with two attached hydrogens (primary N) is 1. The topological polar surface area (TPSA) is 26.0 Å². The number of hydrogen-bond acceptors (Lipinski definition) is 1. The summed E-state index contributed by atoms with van der Waals surface area (Å²) in [6.45, 7) is 4.31. The highest BCUT2D eigenvalue weighted by atomic mass is 19.1. The maximum Gasteiger partial charge on any atom is 0.126 e. The summed E-state index contributed by atoms with van der Waals surface area (Å²) in [4.78, 5) is 0. The summed E-state index contributed by atoms with van der Waals surface area (Å²) < 4.78 is 13.3. The summed E-state index contributed by atoms with van der Waals surface area (Å²) in [6, 6.07) is 11.3. The molecule has 0 amide bonds. The van der Waals surface area contributed by atoms with Crippen LogP contribution < -0.4 is 5.73 Å². The molecule has 0 atom stereocenters. The molecule has 2 N–H and O–H groups in total. The first-order valence-electron chi connectivity index (χ1n) is 5.68. The number of rotatable bonds is 2. The van der Waals surface area contributed by atoms with Crippen molar-refractivity contribution >= 4 is 0 Å². The van der Waals surface area contributed by atoms with Crippen molar-refractivity contribution in [1.29, 1.82) is 0 Å². The van der Waals surface area contributed by atoms with E-state index in [1.165, 1.54) is 11.6 Å². The average Bonchev–Trinajstić information content (AvgIpc) is 2.32. The Balaban J connectivity index is 2.58. The van der Waals surface area contributed by atoms with Crippen molar-refractivity contribution in [2.24, 2.45) is 5.73 Å². The summed E-state index contributed by atoms with van der Waals surface area (Å²) in [5, 5.41) is 0. The molecule has 17 heavy (non-hydrogen) atoms. The first-order chi connectivity index (χ1) is 8.11. The lowest BCUT2D eigenvalue weighted by atomic mass is 9.96. The minimum atomic E-state index is -0.171. The SMILES string of the molecule is Cc1ccc(CN)c(-c2ccc(F)c(C)c2)c1. The van der Waals surface area contributed by atoms with Crippen molar-refractivity contribution in [2.45, 2.75) is 20.4 Å². The Morgan fingerprint density at radius 3 is 2.47 bits per heavy atom. The maximum atomic E-state index is 13.3. The lowest BCUT2D eigenvalue weighted by molar-refractivity contribution is 0.619. The van der Waals surface area contributed by atoms with E-state index < -0.39 is 0 Å². The zero-order chi connectivity index (χ0) is 12.4. The normalized spacial score (nSPS) is 10.6. The minimum absolute atomic E-state index is 0.171. The lowest BCUT2D eigenvalue weighted by Gasteiger charge is -2.10. The summed E-state index contributed by atoms with van der Waals surface area (Å²) >= 11 is 0. The fourth-order valence-corrected chi connectivity index (χ4v) is 1.95. The van der Waals surface area contributed by atoms with Crippen LogP contribution in [0.3, 0.4) is 0 Å². The van der Waals surface area contributed by atoms with Gasteiger partial charge in [0.2, 0.25) is 0 Å². The van der Waals surface area contributed by atoms with Gasteiger partial charge in [-0.15, -0.1) is 0 Å². The highest BCUT2D eigenvalue weighted by Gasteiger charge is 2.06. The predicted molar refractivity (Wildman–Crippen MR) is 69.2 cm³/mol. The van der Waals surface area contributed by atoms with Crippen molar-refractivity contribution < 1.29 is 4.39 Å². The molecule has 0 saturated heterocycles. The number of benzene rings is 2. The van der Waals surface area contributed by atoms with Crippen LogP contribution in [0.1, 0.15) is 16.7 Å². The van der Waals surface area contributed by atoms with Crippen LogP contribution >= 0.6 is 0 Å². The van der Waals surface area contributed by atoms with Crippen molar-refractivity contribution in [1.82, 2.24) is 0 Å². The molecule has 1 nitrogen and oxygen atoms in total. The molecule has 0 unspecified atom stereocenters. The highest BCUT2D eigenvalue weighted by Crippen LogP contribution is 2.26. The van der Waals surface area contributed by atoms with Crippen molar-refractivity contribution in [3.8, 4) is 11.1 Å². The summed E-state index contributed by atoms with van der Waals surface area (Å²) in [5.74, 6) is -0.171. The van der Waals surface area contributed by atoms with Gasteiger partial charge in [-0.25, -0.2) is 4.39 Å². The van der Waals surface area contributed by atoms with Gasteiger partial charge in [0.15, 0.2) is 0 Å². The van der Waals surface area contributed by atoms with E-state index in [0.717, 1.165) is 16.7 Å².